The monoisotopic (exact) mass is 331 g/mol. The van der Waals surface area contributed by atoms with E-state index in [0.717, 1.165) is 24.5 Å². The van der Waals surface area contributed by atoms with Crippen LogP contribution in [-0.4, -0.2) is 17.8 Å². The van der Waals surface area contributed by atoms with Crippen molar-refractivity contribution in [1.82, 2.24) is 0 Å². The zero-order valence-electron chi connectivity index (χ0n) is 13.1. The highest BCUT2D eigenvalue weighted by molar-refractivity contribution is 5.58. The minimum Gasteiger partial charge on any atom is -0.394 e. The Labute approximate surface area is 139 Å². The van der Waals surface area contributed by atoms with Crippen molar-refractivity contribution >= 4 is 5.69 Å². The van der Waals surface area contributed by atoms with E-state index in [2.05, 4.69) is 5.32 Å². The summed E-state index contributed by atoms with van der Waals surface area (Å²) in [6.45, 7) is -0.0835. The fourth-order valence-electron chi connectivity index (χ4n) is 3.91. The number of aliphatic hydroxyl groups excluding tert-OH is 1. The van der Waals surface area contributed by atoms with Crippen LogP contribution in [0, 0.1) is 17.6 Å². The summed E-state index contributed by atoms with van der Waals surface area (Å²) in [6.07, 6.45) is 0.832. The van der Waals surface area contributed by atoms with E-state index in [1.54, 1.807) is 0 Å². The topological polar surface area (TPSA) is 41.5 Å². The van der Waals surface area contributed by atoms with E-state index in [1.807, 2.05) is 30.3 Å². The molecule has 5 heteroatoms. The number of fused-ring (bicyclic) bond motifs is 3. The minimum absolute atomic E-state index is 0.0592. The SMILES string of the molecule is OC[C@@H]1CC[C@@H]2[C@@H](c3ccccc3)Nc3c(F)cc(F)cc3[C@@H]2O1. The molecule has 2 aromatic carbocycles. The Morgan fingerprint density at radius 1 is 1.12 bits per heavy atom. The zero-order valence-corrected chi connectivity index (χ0v) is 13.1. The fourth-order valence-corrected chi connectivity index (χ4v) is 3.91. The molecule has 4 atom stereocenters. The van der Waals surface area contributed by atoms with Gasteiger partial charge in [0.2, 0.25) is 0 Å². The second-order valence-corrected chi connectivity index (χ2v) is 6.49. The maximum atomic E-state index is 14.4. The van der Waals surface area contributed by atoms with Crippen LogP contribution in [0.15, 0.2) is 42.5 Å². The average Bonchev–Trinajstić information content (AvgIpc) is 2.61. The molecule has 2 N–H and O–H groups in total. The lowest BCUT2D eigenvalue weighted by molar-refractivity contribution is -0.110. The van der Waals surface area contributed by atoms with Gasteiger partial charge in [-0.3, -0.25) is 0 Å². The summed E-state index contributed by atoms with van der Waals surface area (Å²) in [4.78, 5) is 0. The first kappa shape index (κ1) is 15.5. The summed E-state index contributed by atoms with van der Waals surface area (Å²) in [7, 11) is 0. The second kappa shape index (κ2) is 6.15. The molecule has 0 bridgehead atoms. The number of ether oxygens (including phenoxy) is 1. The quantitative estimate of drug-likeness (QED) is 0.875. The van der Waals surface area contributed by atoms with Gasteiger partial charge < -0.3 is 15.2 Å². The molecule has 2 heterocycles. The summed E-state index contributed by atoms with van der Waals surface area (Å²) < 4.78 is 34.1. The van der Waals surface area contributed by atoms with Crippen LogP contribution in [0.4, 0.5) is 14.5 Å². The number of hydrogen-bond acceptors (Lipinski definition) is 3. The number of benzene rings is 2. The molecule has 0 saturated carbocycles. The number of rotatable bonds is 2. The van der Waals surface area contributed by atoms with E-state index in [9.17, 15) is 13.9 Å². The molecule has 0 radical (unpaired) electrons. The van der Waals surface area contributed by atoms with Crippen molar-refractivity contribution in [2.75, 3.05) is 11.9 Å². The summed E-state index contributed by atoms with van der Waals surface area (Å²) >= 11 is 0. The maximum absolute atomic E-state index is 14.4. The first-order chi connectivity index (χ1) is 11.7. The highest BCUT2D eigenvalue weighted by Crippen LogP contribution is 2.50. The first-order valence-electron chi connectivity index (χ1n) is 8.24. The molecular weight excluding hydrogens is 312 g/mol. The van der Waals surface area contributed by atoms with Crippen LogP contribution in [-0.2, 0) is 4.74 Å². The lowest BCUT2D eigenvalue weighted by Gasteiger charge is -2.45. The average molecular weight is 331 g/mol. The molecule has 0 unspecified atom stereocenters. The van der Waals surface area contributed by atoms with Gasteiger partial charge in [0.1, 0.15) is 11.6 Å². The lowest BCUT2D eigenvalue weighted by atomic mass is 9.76. The van der Waals surface area contributed by atoms with E-state index < -0.39 is 17.7 Å². The number of nitrogens with one attached hydrogen (secondary N) is 1. The molecule has 2 aromatic rings. The third-order valence-electron chi connectivity index (χ3n) is 5.03. The summed E-state index contributed by atoms with van der Waals surface area (Å²) in [5, 5.41) is 12.7. The number of aliphatic hydroxyl groups is 1. The van der Waals surface area contributed by atoms with Gasteiger partial charge in [0.05, 0.1) is 30.5 Å². The fraction of sp³-hybridized carbons (Fsp3) is 0.368. The molecule has 4 rings (SSSR count). The van der Waals surface area contributed by atoms with E-state index in [-0.39, 0.29) is 24.7 Å². The number of halogens is 2. The van der Waals surface area contributed by atoms with Gasteiger partial charge in [0, 0.05) is 17.5 Å². The molecule has 2 aliphatic heterocycles. The van der Waals surface area contributed by atoms with Crippen molar-refractivity contribution in [1.29, 1.82) is 0 Å². The van der Waals surface area contributed by atoms with E-state index in [1.165, 1.54) is 6.07 Å². The Kier molecular flexibility index (Phi) is 3.98. The third-order valence-corrected chi connectivity index (χ3v) is 5.03. The molecule has 0 spiro atoms. The number of anilines is 1. The van der Waals surface area contributed by atoms with Gasteiger partial charge in [-0.1, -0.05) is 30.3 Å². The molecule has 126 valence electrons. The van der Waals surface area contributed by atoms with Gasteiger partial charge in [-0.15, -0.1) is 0 Å². The normalized spacial score (nSPS) is 28.6. The van der Waals surface area contributed by atoms with Crippen LogP contribution < -0.4 is 5.32 Å². The number of hydrogen-bond donors (Lipinski definition) is 2. The Balaban J connectivity index is 1.80. The van der Waals surface area contributed by atoms with Gasteiger partial charge >= 0.3 is 0 Å². The minimum atomic E-state index is -0.612. The lowest BCUT2D eigenvalue weighted by Crippen LogP contribution is -2.40. The van der Waals surface area contributed by atoms with Crippen molar-refractivity contribution in [3.8, 4) is 0 Å². The van der Waals surface area contributed by atoms with E-state index >= 15 is 0 Å². The molecule has 0 amide bonds. The maximum Gasteiger partial charge on any atom is 0.149 e. The molecule has 2 aliphatic rings. The Morgan fingerprint density at radius 2 is 1.92 bits per heavy atom. The van der Waals surface area contributed by atoms with Gasteiger partial charge in [0.15, 0.2) is 0 Å². The van der Waals surface area contributed by atoms with Crippen molar-refractivity contribution in [2.24, 2.45) is 5.92 Å². The van der Waals surface area contributed by atoms with Gasteiger partial charge in [-0.25, -0.2) is 8.78 Å². The smallest absolute Gasteiger partial charge is 0.149 e. The molecule has 1 saturated heterocycles. The Bertz CT molecular complexity index is 738. The van der Waals surface area contributed by atoms with Crippen molar-refractivity contribution in [3.05, 3.63) is 65.2 Å². The van der Waals surface area contributed by atoms with Crippen LogP contribution in [0.2, 0.25) is 0 Å². The first-order valence-corrected chi connectivity index (χ1v) is 8.24. The van der Waals surface area contributed by atoms with Crippen LogP contribution in [0.1, 0.15) is 36.1 Å². The van der Waals surface area contributed by atoms with E-state index in [0.29, 0.717) is 11.3 Å². The summed E-state index contributed by atoms with van der Waals surface area (Å²) in [6, 6.07) is 11.9. The van der Waals surface area contributed by atoms with Gasteiger partial charge in [0.25, 0.3) is 0 Å². The molecule has 0 aromatic heterocycles. The second-order valence-electron chi connectivity index (χ2n) is 6.49. The van der Waals surface area contributed by atoms with Gasteiger partial charge in [-0.05, 0) is 24.5 Å². The summed E-state index contributed by atoms with van der Waals surface area (Å²) in [5.41, 5.74) is 1.85. The molecule has 0 aliphatic carbocycles. The predicted molar refractivity (Wildman–Crippen MR) is 86.6 cm³/mol. The van der Waals surface area contributed by atoms with Crippen LogP contribution in [0.3, 0.4) is 0 Å². The molecule has 3 nitrogen and oxygen atoms in total. The van der Waals surface area contributed by atoms with Gasteiger partial charge in [-0.2, -0.15) is 0 Å². The molecular formula is C19H19F2NO2. The predicted octanol–water partition coefficient (Wildman–Crippen LogP) is 3.96. The molecule has 1 fully saturated rings. The van der Waals surface area contributed by atoms with Crippen LogP contribution in [0.5, 0.6) is 0 Å². The van der Waals surface area contributed by atoms with Crippen molar-refractivity contribution < 1.29 is 18.6 Å². The largest absolute Gasteiger partial charge is 0.394 e. The van der Waals surface area contributed by atoms with E-state index in [4.69, 9.17) is 4.74 Å². The summed E-state index contributed by atoms with van der Waals surface area (Å²) in [5.74, 6) is -1.16. The Hall–Kier alpha value is -1.98. The standard InChI is InChI=1S/C19H19F2NO2/c20-12-8-15-18(16(21)9-12)22-17(11-4-2-1-3-5-11)14-7-6-13(10-23)24-19(14)15/h1-5,8-9,13-14,17,19,22-23H,6-7,10H2/t13-,14+,17+,19+/m0/s1. The Morgan fingerprint density at radius 3 is 2.67 bits per heavy atom. The van der Waals surface area contributed by atoms with Crippen molar-refractivity contribution in [3.63, 3.8) is 0 Å². The van der Waals surface area contributed by atoms with Crippen molar-refractivity contribution in [2.45, 2.75) is 31.1 Å². The van der Waals surface area contributed by atoms with Crippen LogP contribution in [0.25, 0.3) is 0 Å². The highest BCUT2D eigenvalue weighted by atomic mass is 19.1. The highest BCUT2D eigenvalue weighted by Gasteiger charge is 2.43. The van der Waals surface area contributed by atoms with Crippen LogP contribution >= 0.6 is 0 Å². The third kappa shape index (κ3) is 2.58. The molecule has 24 heavy (non-hydrogen) atoms. The zero-order chi connectivity index (χ0) is 16.7.